The predicted octanol–water partition coefficient (Wildman–Crippen LogP) is 3.85. The second-order valence-electron chi connectivity index (χ2n) is 7.44. The highest BCUT2D eigenvalue weighted by atomic mass is 32.2. The van der Waals surface area contributed by atoms with E-state index in [0.29, 0.717) is 28.2 Å². The summed E-state index contributed by atoms with van der Waals surface area (Å²) in [6, 6.07) is 21.7. The molecule has 0 fully saturated rings. The van der Waals surface area contributed by atoms with Gasteiger partial charge in [-0.25, -0.2) is 13.4 Å². The molecule has 178 valence electrons. The summed E-state index contributed by atoms with van der Waals surface area (Å²) in [6.07, 6.45) is 0. The van der Waals surface area contributed by atoms with Crippen molar-refractivity contribution in [1.82, 2.24) is 9.55 Å². The summed E-state index contributed by atoms with van der Waals surface area (Å²) >= 11 is 0. The van der Waals surface area contributed by atoms with Crippen LogP contribution in [0.1, 0.15) is 18.3 Å². The van der Waals surface area contributed by atoms with Crippen molar-refractivity contribution in [3.05, 3.63) is 84.2 Å². The van der Waals surface area contributed by atoms with E-state index in [1.54, 1.807) is 72.2 Å². The van der Waals surface area contributed by atoms with Gasteiger partial charge in [-0.05, 0) is 55.5 Å². The molecule has 0 atom stereocenters. The highest BCUT2D eigenvalue weighted by Gasteiger charge is 2.20. The number of ether oxygens (including phenoxy) is 2. The highest BCUT2D eigenvalue weighted by Crippen LogP contribution is 2.27. The summed E-state index contributed by atoms with van der Waals surface area (Å²) in [5.74, 6) is 0.467. The van der Waals surface area contributed by atoms with Crippen LogP contribution in [0.5, 0.6) is 5.75 Å². The van der Waals surface area contributed by atoms with Crippen LogP contribution in [0.2, 0.25) is 0 Å². The van der Waals surface area contributed by atoms with Gasteiger partial charge in [-0.3, -0.25) is 9.52 Å². The first-order valence-electron chi connectivity index (χ1n) is 10.8. The van der Waals surface area contributed by atoms with Crippen molar-refractivity contribution < 1.29 is 22.7 Å². The van der Waals surface area contributed by atoms with Gasteiger partial charge in [-0.15, -0.1) is 0 Å². The van der Waals surface area contributed by atoms with Gasteiger partial charge in [-0.1, -0.05) is 24.3 Å². The number of rotatable bonds is 9. The minimum Gasteiger partial charge on any atom is -0.486 e. The molecule has 0 radical (unpaired) electrons. The van der Waals surface area contributed by atoms with Crippen LogP contribution in [0.4, 0.5) is 5.69 Å². The molecule has 0 saturated heterocycles. The number of nitrogens with one attached hydrogen (secondary N) is 1. The maximum Gasteiger partial charge on any atom is 0.326 e. The number of anilines is 1. The van der Waals surface area contributed by atoms with Crippen LogP contribution >= 0.6 is 0 Å². The molecule has 0 amide bonds. The van der Waals surface area contributed by atoms with Gasteiger partial charge in [0.2, 0.25) is 0 Å². The topological polar surface area (TPSA) is 123 Å². The molecule has 1 N–H and O–H groups in total. The summed E-state index contributed by atoms with van der Waals surface area (Å²) in [5, 5.41) is 8.96. The average molecular weight is 491 g/mol. The Morgan fingerprint density at radius 3 is 2.49 bits per heavy atom. The van der Waals surface area contributed by atoms with Gasteiger partial charge in [0.15, 0.2) is 0 Å². The van der Waals surface area contributed by atoms with E-state index in [4.69, 9.17) is 14.7 Å². The normalized spacial score (nSPS) is 11.1. The zero-order chi connectivity index (χ0) is 24.8. The molecular weight excluding hydrogens is 468 g/mol. The molecule has 0 aliphatic heterocycles. The molecular formula is C25H22N4O5S. The first-order valence-corrected chi connectivity index (χ1v) is 12.2. The van der Waals surface area contributed by atoms with Crippen molar-refractivity contribution >= 4 is 32.7 Å². The summed E-state index contributed by atoms with van der Waals surface area (Å²) < 4.78 is 41.0. The van der Waals surface area contributed by atoms with Crippen LogP contribution in [-0.2, 0) is 32.7 Å². The molecule has 4 aromatic rings. The van der Waals surface area contributed by atoms with Gasteiger partial charge >= 0.3 is 5.97 Å². The van der Waals surface area contributed by atoms with E-state index in [9.17, 15) is 13.2 Å². The first kappa shape index (κ1) is 23.8. The molecule has 4 rings (SSSR count). The molecule has 0 aliphatic carbocycles. The Hall–Kier alpha value is -4.36. The molecule has 0 unspecified atom stereocenters. The Kier molecular flexibility index (Phi) is 6.98. The number of nitrogens with zero attached hydrogens (tertiary/aromatic N) is 3. The minimum atomic E-state index is -3.85. The van der Waals surface area contributed by atoms with E-state index in [-0.39, 0.29) is 30.3 Å². The van der Waals surface area contributed by atoms with Gasteiger partial charge in [0.05, 0.1) is 34.3 Å². The second kappa shape index (κ2) is 10.3. The highest BCUT2D eigenvalue weighted by molar-refractivity contribution is 7.92. The Morgan fingerprint density at radius 1 is 1.06 bits per heavy atom. The average Bonchev–Trinajstić information content (AvgIpc) is 3.21. The van der Waals surface area contributed by atoms with Crippen LogP contribution in [-0.4, -0.2) is 30.5 Å². The van der Waals surface area contributed by atoms with E-state index >= 15 is 0 Å². The maximum absolute atomic E-state index is 12.9. The van der Waals surface area contributed by atoms with Crippen molar-refractivity contribution in [3.63, 3.8) is 0 Å². The summed E-state index contributed by atoms with van der Waals surface area (Å²) in [4.78, 5) is 17.0. The van der Waals surface area contributed by atoms with Crippen molar-refractivity contribution in [1.29, 1.82) is 5.26 Å². The molecule has 35 heavy (non-hydrogen) atoms. The van der Waals surface area contributed by atoms with Crippen molar-refractivity contribution in [2.75, 3.05) is 11.3 Å². The molecule has 9 nitrogen and oxygen atoms in total. The number of esters is 1. The fourth-order valence-corrected chi connectivity index (χ4v) is 4.56. The lowest BCUT2D eigenvalue weighted by Crippen LogP contribution is -2.16. The van der Waals surface area contributed by atoms with Gasteiger partial charge in [-0.2, -0.15) is 5.26 Å². The fraction of sp³-hybridized carbons (Fsp3) is 0.160. The van der Waals surface area contributed by atoms with Gasteiger partial charge in [0, 0.05) is 0 Å². The molecule has 3 aromatic carbocycles. The third-order valence-electron chi connectivity index (χ3n) is 5.10. The summed E-state index contributed by atoms with van der Waals surface area (Å²) in [7, 11) is -3.85. The number of nitriles is 1. The number of benzene rings is 3. The molecule has 0 bridgehead atoms. The lowest BCUT2D eigenvalue weighted by molar-refractivity contribution is -0.143. The van der Waals surface area contributed by atoms with Crippen LogP contribution < -0.4 is 9.46 Å². The third-order valence-corrected chi connectivity index (χ3v) is 6.48. The molecule has 0 aliphatic rings. The van der Waals surface area contributed by atoms with Crippen molar-refractivity contribution in [2.45, 2.75) is 25.0 Å². The zero-order valence-corrected chi connectivity index (χ0v) is 19.7. The Morgan fingerprint density at radius 2 is 1.80 bits per heavy atom. The maximum atomic E-state index is 12.9. The van der Waals surface area contributed by atoms with E-state index in [1.807, 2.05) is 6.07 Å². The van der Waals surface area contributed by atoms with Gasteiger partial charge < -0.3 is 14.0 Å². The number of imidazole rings is 1. The Labute approximate surface area is 202 Å². The third kappa shape index (κ3) is 5.42. The number of hydrogen-bond acceptors (Lipinski definition) is 7. The number of sulfonamides is 1. The number of para-hydroxylation sites is 1. The molecule has 1 heterocycles. The molecule has 0 saturated carbocycles. The van der Waals surface area contributed by atoms with Crippen molar-refractivity contribution in [3.8, 4) is 11.8 Å². The lowest BCUT2D eigenvalue weighted by atomic mass is 10.2. The first-order chi connectivity index (χ1) is 16.9. The number of hydrogen-bond donors (Lipinski definition) is 1. The zero-order valence-electron chi connectivity index (χ0n) is 18.8. The number of fused-ring (bicyclic) bond motifs is 1. The smallest absolute Gasteiger partial charge is 0.326 e. The molecule has 10 heteroatoms. The van der Waals surface area contributed by atoms with Gasteiger partial charge in [0.1, 0.15) is 30.2 Å². The van der Waals surface area contributed by atoms with Crippen LogP contribution in [0, 0.1) is 11.3 Å². The summed E-state index contributed by atoms with van der Waals surface area (Å²) in [6.45, 7) is 1.83. The standard InChI is InChI=1S/C25H22N4O5S/c1-2-33-24(30)16-29-22-10-6-9-21(28-35(31,32)20-7-4-3-5-8-20)25(22)27-23(29)17-34-19-13-11-18(15-26)12-14-19/h3-14,28H,2,16-17H2,1H3. The second-order valence-corrected chi connectivity index (χ2v) is 9.12. The van der Waals surface area contributed by atoms with E-state index in [0.717, 1.165) is 0 Å². The van der Waals surface area contributed by atoms with E-state index < -0.39 is 16.0 Å². The minimum absolute atomic E-state index is 0.00482. The van der Waals surface area contributed by atoms with E-state index in [2.05, 4.69) is 9.71 Å². The SMILES string of the molecule is CCOC(=O)Cn1c(COc2ccc(C#N)cc2)nc2c(NS(=O)(=O)c3ccccc3)cccc21. The number of carbonyl (C=O) groups excluding carboxylic acids is 1. The number of carbonyl (C=O) groups is 1. The largest absolute Gasteiger partial charge is 0.486 e. The number of aromatic nitrogens is 2. The lowest BCUT2D eigenvalue weighted by Gasteiger charge is -2.11. The predicted molar refractivity (Wildman–Crippen MR) is 129 cm³/mol. The Bertz CT molecular complexity index is 1490. The Balaban J connectivity index is 1.70. The van der Waals surface area contributed by atoms with Crippen molar-refractivity contribution in [2.24, 2.45) is 0 Å². The quantitative estimate of drug-likeness (QED) is 0.354. The molecule has 1 aromatic heterocycles. The van der Waals surface area contributed by atoms with Crippen LogP contribution in [0.25, 0.3) is 11.0 Å². The fourth-order valence-electron chi connectivity index (χ4n) is 3.48. The van der Waals surface area contributed by atoms with E-state index in [1.165, 1.54) is 12.1 Å². The van der Waals surface area contributed by atoms with Crippen LogP contribution in [0.3, 0.4) is 0 Å². The van der Waals surface area contributed by atoms with Crippen LogP contribution in [0.15, 0.2) is 77.7 Å². The van der Waals surface area contributed by atoms with Gasteiger partial charge in [0.25, 0.3) is 10.0 Å². The monoisotopic (exact) mass is 490 g/mol. The molecule has 0 spiro atoms. The summed E-state index contributed by atoms with van der Waals surface area (Å²) in [5.41, 5.74) is 1.69.